The zero-order chi connectivity index (χ0) is 10.2. The standard InChI is InChI=1S/C13H21B/c1-3-5-11-14-13(4-2)12-9-7-6-8-10-12/h6-10,13-14H,3-5,11H2,1-2H3. The molecule has 0 spiro atoms. The third-order valence-corrected chi connectivity index (χ3v) is 2.92. The van der Waals surface area contributed by atoms with E-state index in [9.17, 15) is 0 Å². The lowest BCUT2D eigenvalue weighted by Crippen LogP contribution is -2.06. The van der Waals surface area contributed by atoms with Crippen molar-refractivity contribution in [1.29, 1.82) is 0 Å². The van der Waals surface area contributed by atoms with Gasteiger partial charge < -0.3 is 0 Å². The van der Waals surface area contributed by atoms with Crippen LogP contribution in [0.4, 0.5) is 0 Å². The molecule has 14 heavy (non-hydrogen) atoms. The molecular weight excluding hydrogens is 167 g/mol. The molecule has 0 aliphatic heterocycles. The number of hydrogen-bond donors (Lipinski definition) is 0. The monoisotopic (exact) mass is 188 g/mol. The van der Waals surface area contributed by atoms with Gasteiger partial charge in [-0.1, -0.05) is 75.3 Å². The van der Waals surface area contributed by atoms with Crippen molar-refractivity contribution >= 4 is 7.28 Å². The summed E-state index contributed by atoms with van der Waals surface area (Å²) in [6.45, 7) is 4.56. The van der Waals surface area contributed by atoms with Crippen LogP contribution in [0.2, 0.25) is 6.32 Å². The number of benzene rings is 1. The van der Waals surface area contributed by atoms with Crippen molar-refractivity contribution in [2.24, 2.45) is 0 Å². The van der Waals surface area contributed by atoms with E-state index in [1.165, 1.54) is 38.4 Å². The van der Waals surface area contributed by atoms with Gasteiger partial charge >= 0.3 is 0 Å². The molecule has 0 aromatic heterocycles. The molecule has 1 aromatic carbocycles. The van der Waals surface area contributed by atoms with Crippen LogP contribution in [0, 0.1) is 0 Å². The highest BCUT2D eigenvalue weighted by Crippen LogP contribution is 2.19. The van der Waals surface area contributed by atoms with E-state index in [1.54, 1.807) is 0 Å². The molecule has 0 nitrogen and oxygen atoms in total. The highest BCUT2D eigenvalue weighted by molar-refractivity contribution is 6.37. The molecule has 1 rings (SSSR count). The fourth-order valence-electron chi connectivity index (χ4n) is 1.97. The van der Waals surface area contributed by atoms with Crippen molar-refractivity contribution in [3.8, 4) is 0 Å². The van der Waals surface area contributed by atoms with Crippen LogP contribution in [0.15, 0.2) is 30.3 Å². The zero-order valence-electron chi connectivity index (χ0n) is 9.50. The first kappa shape index (κ1) is 11.4. The summed E-state index contributed by atoms with van der Waals surface area (Å²) in [4.78, 5) is 0. The molecule has 0 aliphatic rings. The molecule has 1 heteroatoms. The first-order valence-electron chi connectivity index (χ1n) is 5.93. The van der Waals surface area contributed by atoms with E-state index in [4.69, 9.17) is 0 Å². The first-order chi connectivity index (χ1) is 6.88. The molecule has 0 saturated heterocycles. The molecule has 1 unspecified atom stereocenters. The molecule has 76 valence electrons. The normalized spacial score (nSPS) is 12.4. The van der Waals surface area contributed by atoms with E-state index in [1.807, 2.05) is 0 Å². The summed E-state index contributed by atoms with van der Waals surface area (Å²) in [6, 6.07) is 10.9. The average molecular weight is 188 g/mol. The molecule has 0 bridgehead atoms. The third kappa shape index (κ3) is 3.57. The van der Waals surface area contributed by atoms with Crippen molar-refractivity contribution in [1.82, 2.24) is 0 Å². The molecule has 0 amide bonds. The SMILES string of the molecule is CCCCBC(CC)c1ccccc1. The summed E-state index contributed by atoms with van der Waals surface area (Å²) < 4.78 is 0. The zero-order valence-corrected chi connectivity index (χ0v) is 9.50. The smallest absolute Gasteiger partial charge is 0.0769 e. The second kappa shape index (κ2) is 6.70. The van der Waals surface area contributed by atoms with E-state index in [0.29, 0.717) is 0 Å². The van der Waals surface area contributed by atoms with E-state index in [0.717, 1.165) is 5.82 Å². The van der Waals surface area contributed by atoms with Crippen LogP contribution < -0.4 is 0 Å². The summed E-state index contributed by atoms with van der Waals surface area (Å²) in [5.41, 5.74) is 1.52. The van der Waals surface area contributed by atoms with Crippen LogP contribution in [0.25, 0.3) is 0 Å². The summed E-state index contributed by atoms with van der Waals surface area (Å²) in [6.07, 6.45) is 5.35. The first-order valence-corrected chi connectivity index (χ1v) is 5.93. The van der Waals surface area contributed by atoms with Crippen molar-refractivity contribution in [2.75, 3.05) is 0 Å². The Labute approximate surface area is 89.0 Å². The molecule has 1 aromatic rings. The van der Waals surface area contributed by atoms with Crippen LogP contribution in [0.1, 0.15) is 44.5 Å². The fourth-order valence-corrected chi connectivity index (χ4v) is 1.97. The molecule has 0 radical (unpaired) electrons. The van der Waals surface area contributed by atoms with Gasteiger partial charge in [-0.3, -0.25) is 0 Å². The minimum atomic E-state index is 0.780. The Hall–Kier alpha value is -0.715. The van der Waals surface area contributed by atoms with E-state index in [-0.39, 0.29) is 0 Å². The van der Waals surface area contributed by atoms with Gasteiger partial charge in [0.2, 0.25) is 0 Å². The summed E-state index contributed by atoms with van der Waals surface area (Å²) in [7, 11) is 1.36. The second-order valence-corrected chi connectivity index (χ2v) is 4.01. The van der Waals surface area contributed by atoms with Gasteiger partial charge in [-0.05, 0) is 5.82 Å². The van der Waals surface area contributed by atoms with Gasteiger partial charge in [-0.25, -0.2) is 0 Å². The number of hydrogen-bond acceptors (Lipinski definition) is 0. The molecule has 0 N–H and O–H groups in total. The number of rotatable bonds is 6. The van der Waals surface area contributed by atoms with Gasteiger partial charge in [-0.2, -0.15) is 0 Å². The summed E-state index contributed by atoms with van der Waals surface area (Å²) >= 11 is 0. The molecule has 1 atom stereocenters. The minimum Gasteiger partial charge on any atom is -0.0769 e. The van der Waals surface area contributed by atoms with E-state index in [2.05, 4.69) is 44.2 Å². The molecular formula is C13H21B. The minimum absolute atomic E-state index is 0.780. The molecule has 0 fully saturated rings. The summed E-state index contributed by atoms with van der Waals surface area (Å²) in [5, 5.41) is 0. The molecule has 0 heterocycles. The maximum Gasteiger partial charge on any atom is 0.129 e. The van der Waals surface area contributed by atoms with Gasteiger partial charge in [0.1, 0.15) is 7.28 Å². The Morgan fingerprint density at radius 3 is 2.43 bits per heavy atom. The molecule has 0 saturated carbocycles. The van der Waals surface area contributed by atoms with Gasteiger partial charge in [-0.15, -0.1) is 0 Å². The second-order valence-electron chi connectivity index (χ2n) is 4.01. The Morgan fingerprint density at radius 2 is 1.86 bits per heavy atom. The maximum absolute atomic E-state index is 2.30. The van der Waals surface area contributed by atoms with Crippen LogP contribution >= 0.6 is 0 Å². The fraction of sp³-hybridized carbons (Fsp3) is 0.538. The quantitative estimate of drug-likeness (QED) is 0.470. The Balaban J connectivity index is 2.46. The van der Waals surface area contributed by atoms with Crippen molar-refractivity contribution in [2.45, 2.75) is 45.2 Å². The van der Waals surface area contributed by atoms with Crippen molar-refractivity contribution in [3.05, 3.63) is 35.9 Å². The predicted octanol–water partition coefficient (Wildman–Crippen LogP) is 3.79. The van der Waals surface area contributed by atoms with Crippen LogP contribution in [-0.2, 0) is 0 Å². The largest absolute Gasteiger partial charge is 0.129 e. The Bertz CT molecular complexity index is 230. The van der Waals surface area contributed by atoms with Gasteiger partial charge in [0.05, 0.1) is 0 Å². The van der Waals surface area contributed by atoms with Crippen LogP contribution in [0.5, 0.6) is 0 Å². The predicted molar refractivity (Wildman–Crippen MR) is 66.3 cm³/mol. The maximum atomic E-state index is 2.30. The molecule has 0 aliphatic carbocycles. The Morgan fingerprint density at radius 1 is 1.14 bits per heavy atom. The third-order valence-electron chi connectivity index (χ3n) is 2.92. The highest BCUT2D eigenvalue weighted by Gasteiger charge is 2.09. The lowest BCUT2D eigenvalue weighted by atomic mass is 9.57. The topological polar surface area (TPSA) is 0 Å². The van der Waals surface area contributed by atoms with Gasteiger partial charge in [0.15, 0.2) is 0 Å². The highest BCUT2D eigenvalue weighted by atomic mass is 14.0. The van der Waals surface area contributed by atoms with Crippen molar-refractivity contribution in [3.63, 3.8) is 0 Å². The van der Waals surface area contributed by atoms with E-state index < -0.39 is 0 Å². The summed E-state index contributed by atoms with van der Waals surface area (Å²) in [5.74, 6) is 0.780. The lowest BCUT2D eigenvalue weighted by molar-refractivity contribution is 0.832. The van der Waals surface area contributed by atoms with Gasteiger partial charge in [0.25, 0.3) is 0 Å². The van der Waals surface area contributed by atoms with Gasteiger partial charge in [0, 0.05) is 0 Å². The van der Waals surface area contributed by atoms with Crippen LogP contribution in [0.3, 0.4) is 0 Å². The average Bonchev–Trinajstić information content (AvgIpc) is 2.26. The van der Waals surface area contributed by atoms with Crippen LogP contribution in [-0.4, -0.2) is 7.28 Å². The Kier molecular flexibility index (Phi) is 5.43. The lowest BCUT2D eigenvalue weighted by Gasteiger charge is -2.13. The number of unbranched alkanes of at least 4 members (excludes halogenated alkanes) is 1. The van der Waals surface area contributed by atoms with Crippen molar-refractivity contribution < 1.29 is 0 Å². The van der Waals surface area contributed by atoms with E-state index >= 15 is 0 Å².